The van der Waals surface area contributed by atoms with Gasteiger partial charge in [0.15, 0.2) is 0 Å². The van der Waals surface area contributed by atoms with Crippen molar-refractivity contribution in [3.63, 3.8) is 0 Å². The van der Waals surface area contributed by atoms with E-state index in [0.29, 0.717) is 6.42 Å². The van der Waals surface area contributed by atoms with E-state index in [1.165, 1.54) is 25.7 Å². The number of phosphoric ester groups is 1. The van der Waals surface area contributed by atoms with Gasteiger partial charge in [-0.25, -0.2) is 4.57 Å². The van der Waals surface area contributed by atoms with Gasteiger partial charge in [0.05, 0.1) is 6.10 Å². The maximum atomic E-state index is 10.8. The van der Waals surface area contributed by atoms with E-state index in [1.54, 1.807) is 6.08 Å². The maximum Gasteiger partial charge on any atom is 0.470 e. The molecule has 1 rings (SSSR count). The molecule has 0 aromatic carbocycles. The summed E-state index contributed by atoms with van der Waals surface area (Å²) in [7, 11) is -4.36. The summed E-state index contributed by atoms with van der Waals surface area (Å²) in [6.45, 7) is 0. The molecule has 0 amide bonds. The molecule has 17 heavy (non-hydrogen) atoms. The minimum absolute atomic E-state index is 0.435. The second-order valence-corrected chi connectivity index (χ2v) is 5.81. The molecular formula is C12H23O4P. The SMILES string of the molecule is O=P(O)(O)OC1/C=C\CCCCCCCCC1. The van der Waals surface area contributed by atoms with Crippen molar-refractivity contribution in [2.24, 2.45) is 0 Å². The van der Waals surface area contributed by atoms with Gasteiger partial charge in [0.2, 0.25) is 0 Å². The van der Waals surface area contributed by atoms with Crippen LogP contribution in [0.5, 0.6) is 0 Å². The molecule has 100 valence electrons. The number of allylic oxidation sites excluding steroid dienone is 1. The lowest BCUT2D eigenvalue weighted by molar-refractivity contribution is 0.153. The zero-order chi connectivity index (χ0) is 12.6. The van der Waals surface area contributed by atoms with Crippen molar-refractivity contribution in [3.8, 4) is 0 Å². The van der Waals surface area contributed by atoms with Crippen molar-refractivity contribution in [1.82, 2.24) is 0 Å². The summed E-state index contributed by atoms with van der Waals surface area (Å²) >= 11 is 0. The molecule has 1 atom stereocenters. The Kier molecular flexibility index (Phi) is 7.05. The van der Waals surface area contributed by atoms with Crippen molar-refractivity contribution in [1.29, 1.82) is 0 Å². The molecule has 0 fully saturated rings. The van der Waals surface area contributed by atoms with E-state index in [-0.39, 0.29) is 0 Å². The number of hydrogen-bond donors (Lipinski definition) is 2. The van der Waals surface area contributed by atoms with Gasteiger partial charge in [0, 0.05) is 0 Å². The fraction of sp³-hybridized carbons (Fsp3) is 0.833. The van der Waals surface area contributed by atoms with Crippen LogP contribution in [-0.2, 0) is 9.09 Å². The molecule has 0 aromatic heterocycles. The lowest BCUT2D eigenvalue weighted by Crippen LogP contribution is -2.08. The van der Waals surface area contributed by atoms with Crippen LogP contribution in [0, 0.1) is 0 Å². The second kappa shape index (κ2) is 8.04. The van der Waals surface area contributed by atoms with Gasteiger partial charge in [-0.1, -0.05) is 50.7 Å². The monoisotopic (exact) mass is 262 g/mol. The van der Waals surface area contributed by atoms with Crippen LogP contribution in [0.25, 0.3) is 0 Å². The van der Waals surface area contributed by atoms with E-state index in [0.717, 1.165) is 25.7 Å². The normalized spacial score (nSPS) is 26.8. The predicted molar refractivity (Wildman–Crippen MR) is 67.6 cm³/mol. The van der Waals surface area contributed by atoms with Crippen molar-refractivity contribution < 1.29 is 18.9 Å². The highest BCUT2D eigenvalue weighted by Gasteiger charge is 2.19. The molecular weight excluding hydrogens is 239 g/mol. The van der Waals surface area contributed by atoms with Gasteiger partial charge in [-0.05, 0) is 19.3 Å². The zero-order valence-corrected chi connectivity index (χ0v) is 11.1. The highest BCUT2D eigenvalue weighted by Crippen LogP contribution is 2.39. The molecule has 0 aromatic rings. The Labute approximate surface area is 103 Å². The Morgan fingerprint density at radius 1 is 1.00 bits per heavy atom. The summed E-state index contributed by atoms with van der Waals surface area (Å²) in [6.07, 6.45) is 13.3. The topological polar surface area (TPSA) is 66.8 Å². The smallest absolute Gasteiger partial charge is 0.303 e. The molecule has 1 unspecified atom stereocenters. The first-order chi connectivity index (χ1) is 8.08. The van der Waals surface area contributed by atoms with E-state index in [1.807, 2.05) is 6.08 Å². The van der Waals surface area contributed by atoms with Gasteiger partial charge in [0.25, 0.3) is 0 Å². The molecule has 0 saturated carbocycles. The molecule has 2 N–H and O–H groups in total. The third kappa shape index (κ3) is 8.56. The molecule has 5 heteroatoms. The second-order valence-electron chi connectivity index (χ2n) is 4.61. The zero-order valence-electron chi connectivity index (χ0n) is 10.3. The fourth-order valence-electron chi connectivity index (χ4n) is 2.10. The van der Waals surface area contributed by atoms with E-state index in [9.17, 15) is 4.57 Å². The first kappa shape index (κ1) is 14.9. The fourth-order valence-corrected chi connectivity index (χ4v) is 2.63. The van der Waals surface area contributed by atoms with E-state index in [2.05, 4.69) is 0 Å². The number of phosphoric acid groups is 1. The number of hydrogen-bond acceptors (Lipinski definition) is 2. The van der Waals surface area contributed by atoms with Gasteiger partial charge in [-0.15, -0.1) is 0 Å². The summed E-state index contributed by atoms with van der Waals surface area (Å²) in [5.74, 6) is 0. The van der Waals surface area contributed by atoms with Crippen molar-refractivity contribution >= 4 is 7.82 Å². The van der Waals surface area contributed by atoms with E-state index in [4.69, 9.17) is 14.3 Å². The van der Waals surface area contributed by atoms with Gasteiger partial charge in [-0.2, -0.15) is 0 Å². The van der Waals surface area contributed by atoms with Crippen LogP contribution in [-0.4, -0.2) is 15.9 Å². The van der Waals surface area contributed by atoms with Gasteiger partial charge in [0.1, 0.15) is 0 Å². The third-order valence-corrected chi connectivity index (χ3v) is 3.53. The Hall–Kier alpha value is -0.150. The summed E-state index contributed by atoms with van der Waals surface area (Å²) < 4.78 is 15.6. The lowest BCUT2D eigenvalue weighted by atomic mass is 10.0. The average molecular weight is 262 g/mol. The molecule has 1 aliphatic carbocycles. The standard InChI is InChI=1S/C12H23O4P/c13-17(14,15)16-12-10-8-6-4-2-1-3-5-7-9-11-12/h8,10,12H,1-7,9,11H2,(H2,13,14,15)/b10-8-. The minimum Gasteiger partial charge on any atom is -0.303 e. The van der Waals surface area contributed by atoms with Crippen LogP contribution < -0.4 is 0 Å². The highest BCUT2D eigenvalue weighted by molar-refractivity contribution is 7.46. The van der Waals surface area contributed by atoms with Crippen LogP contribution >= 0.6 is 7.82 Å². The van der Waals surface area contributed by atoms with E-state index >= 15 is 0 Å². The van der Waals surface area contributed by atoms with E-state index < -0.39 is 13.9 Å². The third-order valence-electron chi connectivity index (χ3n) is 2.98. The van der Waals surface area contributed by atoms with Crippen LogP contribution in [0.2, 0.25) is 0 Å². The molecule has 0 bridgehead atoms. The summed E-state index contributed by atoms with van der Waals surface area (Å²) in [6, 6.07) is 0. The Bertz CT molecular complexity index is 272. The van der Waals surface area contributed by atoms with Crippen LogP contribution in [0.15, 0.2) is 12.2 Å². The summed E-state index contributed by atoms with van der Waals surface area (Å²) in [5.41, 5.74) is 0. The first-order valence-electron chi connectivity index (χ1n) is 6.48. The molecule has 0 saturated heterocycles. The molecule has 0 spiro atoms. The quantitative estimate of drug-likeness (QED) is 0.590. The van der Waals surface area contributed by atoms with Crippen LogP contribution in [0.4, 0.5) is 0 Å². The van der Waals surface area contributed by atoms with Crippen LogP contribution in [0.3, 0.4) is 0 Å². The van der Waals surface area contributed by atoms with Gasteiger partial charge in [-0.3, -0.25) is 4.52 Å². The lowest BCUT2D eigenvalue weighted by Gasteiger charge is -2.15. The van der Waals surface area contributed by atoms with Crippen molar-refractivity contribution in [2.75, 3.05) is 0 Å². The van der Waals surface area contributed by atoms with Crippen molar-refractivity contribution in [2.45, 2.75) is 63.9 Å². The van der Waals surface area contributed by atoms with Crippen molar-refractivity contribution in [3.05, 3.63) is 12.2 Å². The maximum absolute atomic E-state index is 10.8. The molecule has 4 nitrogen and oxygen atoms in total. The summed E-state index contributed by atoms with van der Waals surface area (Å²) in [5, 5.41) is 0. The van der Waals surface area contributed by atoms with Crippen LogP contribution in [0.1, 0.15) is 57.8 Å². The molecule has 0 aliphatic heterocycles. The first-order valence-corrected chi connectivity index (χ1v) is 8.01. The Morgan fingerprint density at radius 2 is 1.59 bits per heavy atom. The predicted octanol–water partition coefficient (Wildman–Crippen LogP) is 3.55. The minimum atomic E-state index is -4.36. The molecule has 1 aliphatic rings. The molecule has 0 heterocycles. The highest BCUT2D eigenvalue weighted by atomic mass is 31.2. The van der Waals surface area contributed by atoms with Gasteiger partial charge < -0.3 is 9.79 Å². The number of rotatable bonds is 2. The summed E-state index contributed by atoms with van der Waals surface area (Å²) in [4.78, 5) is 17.6. The average Bonchev–Trinajstić information content (AvgIpc) is 2.20. The molecule has 0 radical (unpaired) electrons. The Balaban J connectivity index is 2.46. The van der Waals surface area contributed by atoms with Gasteiger partial charge >= 0.3 is 7.82 Å². The Morgan fingerprint density at radius 3 is 2.24 bits per heavy atom. The largest absolute Gasteiger partial charge is 0.470 e.